The van der Waals surface area contributed by atoms with E-state index >= 15 is 0 Å². The number of piperidine rings is 2. The molecule has 2 aromatic carbocycles. The van der Waals surface area contributed by atoms with Gasteiger partial charge < -0.3 is 36.6 Å². The summed E-state index contributed by atoms with van der Waals surface area (Å²) < 4.78 is 46.4. The summed E-state index contributed by atoms with van der Waals surface area (Å²) in [5, 5.41) is 2.07. The molecule has 6 heterocycles. The first-order valence-electron chi connectivity index (χ1n) is 18.0. The molecule has 6 aromatic rings. The van der Waals surface area contributed by atoms with Crippen molar-refractivity contribution in [3.05, 3.63) is 68.8 Å². The standard InChI is InChI=1S/C40H44N2O10/c1-45-33-27-11-17-49-35(27)39(47-3)37-31(33)29(43)19-25(51-37)21-41-13-7-23(8-14-41)5-6-24-9-15-42(16-10-24)22-26-20-30(44)32-34(46-2)28-12-18-50-36(28)40(48-4)38(32)52-26/h11-12,17-20,23-24H,5-10,13-16,21-22H2,1-4H3. The summed E-state index contributed by atoms with van der Waals surface area (Å²) in [7, 11) is 6.17. The van der Waals surface area contributed by atoms with E-state index in [2.05, 4.69) is 9.80 Å². The summed E-state index contributed by atoms with van der Waals surface area (Å²) in [4.78, 5) is 31.4. The first-order valence-corrected chi connectivity index (χ1v) is 18.0. The lowest BCUT2D eigenvalue weighted by Crippen LogP contribution is -2.35. The summed E-state index contributed by atoms with van der Waals surface area (Å²) >= 11 is 0. The maximum Gasteiger partial charge on any atom is 0.206 e. The lowest BCUT2D eigenvalue weighted by Gasteiger charge is -2.34. The summed E-state index contributed by atoms with van der Waals surface area (Å²) in [6.45, 7) is 4.96. The van der Waals surface area contributed by atoms with E-state index in [1.807, 2.05) is 0 Å². The summed E-state index contributed by atoms with van der Waals surface area (Å²) in [6, 6.07) is 6.68. The molecule has 0 bridgehead atoms. The molecule has 0 N–H and O–H groups in total. The molecule has 4 aromatic heterocycles. The van der Waals surface area contributed by atoms with Crippen molar-refractivity contribution in [2.75, 3.05) is 54.6 Å². The molecule has 0 radical (unpaired) electrons. The Kier molecular flexibility index (Phi) is 9.35. The van der Waals surface area contributed by atoms with Gasteiger partial charge in [0.1, 0.15) is 33.8 Å². The van der Waals surface area contributed by atoms with E-state index in [1.54, 1.807) is 51.0 Å². The Hall–Kier alpha value is -4.94. The van der Waals surface area contributed by atoms with E-state index in [4.69, 9.17) is 36.6 Å². The molecule has 2 saturated heterocycles. The number of methoxy groups -OCH3 is 4. The average molecular weight is 713 g/mol. The van der Waals surface area contributed by atoms with Crippen molar-refractivity contribution < 1.29 is 36.6 Å². The Labute approximate surface area is 299 Å². The largest absolute Gasteiger partial charge is 0.495 e. The van der Waals surface area contributed by atoms with Crippen LogP contribution in [0, 0.1) is 11.8 Å². The molecule has 8 rings (SSSR count). The predicted molar refractivity (Wildman–Crippen MR) is 196 cm³/mol. The Morgan fingerprint density at radius 1 is 0.577 bits per heavy atom. The molecule has 12 nitrogen and oxygen atoms in total. The summed E-state index contributed by atoms with van der Waals surface area (Å²) in [5.41, 5.74) is 1.38. The van der Waals surface area contributed by atoms with Crippen LogP contribution in [0.4, 0.5) is 0 Å². The fourth-order valence-electron chi connectivity index (χ4n) is 8.37. The highest BCUT2D eigenvalue weighted by Gasteiger charge is 2.27. The fraction of sp³-hybridized carbons (Fsp3) is 0.450. The van der Waals surface area contributed by atoms with E-state index in [-0.39, 0.29) is 10.9 Å². The lowest BCUT2D eigenvalue weighted by atomic mass is 9.85. The zero-order valence-corrected chi connectivity index (χ0v) is 30.1. The molecule has 274 valence electrons. The Bertz CT molecular complexity index is 2190. The highest BCUT2D eigenvalue weighted by Crippen LogP contribution is 2.43. The molecule has 0 aliphatic carbocycles. The van der Waals surface area contributed by atoms with Gasteiger partial charge in [-0.3, -0.25) is 19.4 Å². The number of nitrogens with zero attached hydrogens (tertiary/aromatic N) is 2. The van der Waals surface area contributed by atoms with Crippen LogP contribution in [0.25, 0.3) is 43.9 Å². The van der Waals surface area contributed by atoms with Crippen LogP contribution < -0.4 is 29.8 Å². The third kappa shape index (κ3) is 6.07. The molecule has 0 atom stereocenters. The highest BCUT2D eigenvalue weighted by molar-refractivity contribution is 6.07. The average Bonchev–Trinajstić information content (AvgIpc) is 3.84. The lowest BCUT2D eigenvalue weighted by molar-refractivity contribution is 0.138. The second-order valence-electron chi connectivity index (χ2n) is 14.0. The van der Waals surface area contributed by atoms with Crippen LogP contribution in [0.2, 0.25) is 0 Å². The van der Waals surface area contributed by atoms with E-state index in [0.717, 1.165) is 51.9 Å². The van der Waals surface area contributed by atoms with Gasteiger partial charge >= 0.3 is 0 Å². The van der Waals surface area contributed by atoms with Gasteiger partial charge in [0.15, 0.2) is 33.2 Å². The zero-order valence-electron chi connectivity index (χ0n) is 30.1. The topological polar surface area (TPSA) is 130 Å². The molecular weight excluding hydrogens is 668 g/mol. The van der Waals surface area contributed by atoms with Crippen molar-refractivity contribution in [1.29, 1.82) is 0 Å². The Morgan fingerprint density at radius 2 is 0.962 bits per heavy atom. The van der Waals surface area contributed by atoms with E-state index < -0.39 is 0 Å². The van der Waals surface area contributed by atoms with Gasteiger partial charge in [0.2, 0.25) is 11.5 Å². The maximum absolute atomic E-state index is 13.3. The number of ether oxygens (including phenoxy) is 4. The van der Waals surface area contributed by atoms with Crippen LogP contribution in [-0.2, 0) is 13.1 Å². The third-order valence-corrected chi connectivity index (χ3v) is 11.1. The number of benzene rings is 2. The molecule has 12 heteroatoms. The monoisotopic (exact) mass is 712 g/mol. The first-order chi connectivity index (χ1) is 25.4. The van der Waals surface area contributed by atoms with Crippen molar-refractivity contribution in [2.24, 2.45) is 11.8 Å². The van der Waals surface area contributed by atoms with Crippen LogP contribution in [-0.4, -0.2) is 64.4 Å². The van der Waals surface area contributed by atoms with Crippen LogP contribution in [0.15, 0.2) is 64.0 Å². The zero-order chi connectivity index (χ0) is 35.9. The van der Waals surface area contributed by atoms with Gasteiger partial charge in [0.25, 0.3) is 0 Å². The molecule has 2 fully saturated rings. The molecule has 0 spiro atoms. The van der Waals surface area contributed by atoms with Crippen molar-refractivity contribution >= 4 is 43.9 Å². The highest BCUT2D eigenvalue weighted by atomic mass is 16.5. The Morgan fingerprint density at radius 3 is 1.33 bits per heavy atom. The van der Waals surface area contributed by atoms with Crippen LogP contribution in [0.3, 0.4) is 0 Å². The number of likely N-dealkylation sites (tertiary alicyclic amines) is 2. The van der Waals surface area contributed by atoms with Crippen molar-refractivity contribution in [3.8, 4) is 23.0 Å². The summed E-state index contributed by atoms with van der Waals surface area (Å²) in [5.74, 6) is 4.25. The predicted octanol–water partition coefficient (Wildman–Crippen LogP) is 7.33. The number of hydrogen-bond donors (Lipinski definition) is 0. The van der Waals surface area contributed by atoms with Gasteiger partial charge in [0, 0.05) is 12.1 Å². The quantitative estimate of drug-likeness (QED) is 0.133. The number of fused-ring (bicyclic) bond motifs is 4. The van der Waals surface area contributed by atoms with Crippen molar-refractivity contribution in [2.45, 2.75) is 51.6 Å². The van der Waals surface area contributed by atoms with Crippen LogP contribution in [0.1, 0.15) is 50.0 Å². The first kappa shape index (κ1) is 34.2. The second kappa shape index (κ2) is 14.2. The minimum Gasteiger partial charge on any atom is -0.495 e. The summed E-state index contributed by atoms with van der Waals surface area (Å²) in [6.07, 6.45) is 10.1. The fourth-order valence-corrected chi connectivity index (χ4v) is 8.37. The maximum atomic E-state index is 13.3. The van der Waals surface area contributed by atoms with Gasteiger partial charge in [-0.15, -0.1) is 0 Å². The van der Waals surface area contributed by atoms with Crippen molar-refractivity contribution in [3.63, 3.8) is 0 Å². The minimum absolute atomic E-state index is 0.158. The molecule has 2 aliphatic heterocycles. The van der Waals surface area contributed by atoms with Gasteiger partial charge in [-0.05, 0) is 75.8 Å². The SMILES string of the molecule is COc1c2occc2c(OC)c2c(=O)cc(CN3CCC(CCC4CCN(Cc5cc(=O)c6c(OC)c7ccoc7c(OC)c6o5)CC4)CC3)oc12. The van der Waals surface area contributed by atoms with Gasteiger partial charge in [-0.2, -0.15) is 0 Å². The molecule has 52 heavy (non-hydrogen) atoms. The number of rotatable bonds is 11. The Balaban J connectivity index is 0.846. The molecule has 0 unspecified atom stereocenters. The minimum atomic E-state index is -0.158. The number of hydrogen-bond acceptors (Lipinski definition) is 12. The molecular formula is C40H44N2O10. The molecule has 0 saturated carbocycles. The van der Waals surface area contributed by atoms with Crippen LogP contribution in [0.5, 0.6) is 23.0 Å². The molecule has 0 amide bonds. The van der Waals surface area contributed by atoms with E-state index in [0.29, 0.717) is 103 Å². The van der Waals surface area contributed by atoms with Crippen molar-refractivity contribution in [1.82, 2.24) is 9.80 Å². The third-order valence-electron chi connectivity index (χ3n) is 11.1. The van der Waals surface area contributed by atoms with Gasteiger partial charge in [-0.1, -0.05) is 12.8 Å². The second-order valence-corrected chi connectivity index (χ2v) is 14.0. The molecule has 2 aliphatic rings. The smallest absolute Gasteiger partial charge is 0.206 e. The number of furan rings is 2. The van der Waals surface area contributed by atoms with E-state index in [1.165, 1.54) is 27.1 Å². The normalized spacial score (nSPS) is 16.8. The van der Waals surface area contributed by atoms with E-state index in [9.17, 15) is 9.59 Å². The van der Waals surface area contributed by atoms with Gasteiger partial charge in [0.05, 0.1) is 64.8 Å². The van der Waals surface area contributed by atoms with Crippen LogP contribution >= 0.6 is 0 Å². The van der Waals surface area contributed by atoms with Gasteiger partial charge in [-0.25, -0.2) is 0 Å².